The zero-order valence-electron chi connectivity index (χ0n) is 14.9. The van der Waals surface area contributed by atoms with Crippen LogP contribution in [0.15, 0.2) is 42.7 Å². The molecule has 0 radical (unpaired) electrons. The second-order valence-corrected chi connectivity index (χ2v) is 7.50. The molecule has 26 heavy (non-hydrogen) atoms. The number of benzene rings is 1. The van der Waals surface area contributed by atoms with E-state index in [9.17, 15) is 4.79 Å². The molecule has 0 unspecified atom stereocenters. The predicted octanol–water partition coefficient (Wildman–Crippen LogP) is 1.85. The van der Waals surface area contributed by atoms with Crippen molar-refractivity contribution in [2.75, 3.05) is 19.7 Å². The van der Waals surface area contributed by atoms with Crippen LogP contribution in [0.2, 0.25) is 0 Å². The largest absolute Gasteiger partial charge is 0.354 e. The van der Waals surface area contributed by atoms with E-state index in [0.717, 1.165) is 45.6 Å². The third-order valence-electron chi connectivity index (χ3n) is 6.11. The van der Waals surface area contributed by atoms with Crippen LogP contribution in [0, 0.1) is 0 Å². The zero-order chi connectivity index (χ0) is 17.6. The number of hydrogen-bond donors (Lipinski definition) is 0. The van der Waals surface area contributed by atoms with E-state index in [-0.39, 0.29) is 17.7 Å². The molecule has 1 aromatic carbocycles. The summed E-state index contributed by atoms with van der Waals surface area (Å²) < 4.78 is 8.17. The Morgan fingerprint density at radius 3 is 2.81 bits per heavy atom. The number of rotatable bonds is 4. The van der Waals surface area contributed by atoms with Crippen molar-refractivity contribution in [3.8, 4) is 0 Å². The SMILES string of the molecule is O=C1C[C@H]2N(Cc3ccccc3Cn3cccn3)CC[C@]23OCCCN13. The van der Waals surface area contributed by atoms with Crippen LogP contribution in [0.3, 0.4) is 0 Å². The van der Waals surface area contributed by atoms with Gasteiger partial charge in [-0.15, -0.1) is 0 Å². The third kappa shape index (κ3) is 2.47. The fourth-order valence-electron chi connectivity index (χ4n) is 4.88. The molecule has 4 heterocycles. The highest BCUT2D eigenvalue weighted by atomic mass is 16.5. The first kappa shape index (κ1) is 16.0. The first-order chi connectivity index (χ1) is 12.8. The van der Waals surface area contributed by atoms with E-state index in [1.807, 2.05) is 28.0 Å². The molecule has 2 aromatic rings. The van der Waals surface area contributed by atoms with Crippen LogP contribution < -0.4 is 0 Å². The fourth-order valence-corrected chi connectivity index (χ4v) is 4.88. The van der Waals surface area contributed by atoms with Crippen molar-refractivity contribution >= 4 is 5.91 Å². The summed E-state index contributed by atoms with van der Waals surface area (Å²) in [5.41, 5.74) is 2.22. The Bertz CT molecular complexity index is 806. The minimum Gasteiger partial charge on any atom is -0.354 e. The molecule has 1 amide bonds. The molecular formula is C20H24N4O2. The quantitative estimate of drug-likeness (QED) is 0.843. The fraction of sp³-hybridized carbons (Fsp3) is 0.500. The van der Waals surface area contributed by atoms with E-state index in [0.29, 0.717) is 6.42 Å². The summed E-state index contributed by atoms with van der Waals surface area (Å²) >= 11 is 0. The molecule has 0 bridgehead atoms. The Morgan fingerprint density at radius 2 is 2.00 bits per heavy atom. The standard InChI is InChI=1S/C20H24N4O2/c25-19-13-18-20(24(19)10-4-12-26-20)7-11-22(18)14-16-5-1-2-6-17(16)15-23-9-3-8-21-23/h1-3,5-6,8-9,18H,4,7,10-15H2/t18-,20+/m1/s1. The van der Waals surface area contributed by atoms with Gasteiger partial charge < -0.3 is 9.64 Å². The lowest BCUT2D eigenvalue weighted by Crippen LogP contribution is -2.56. The van der Waals surface area contributed by atoms with Gasteiger partial charge in [-0.3, -0.25) is 14.4 Å². The van der Waals surface area contributed by atoms with Gasteiger partial charge in [-0.25, -0.2) is 0 Å². The lowest BCUT2D eigenvalue weighted by molar-refractivity contribution is -0.180. The number of aromatic nitrogens is 2. The summed E-state index contributed by atoms with van der Waals surface area (Å²) in [5, 5.41) is 4.33. The molecular weight excluding hydrogens is 328 g/mol. The van der Waals surface area contributed by atoms with Gasteiger partial charge in [-0.2, -0.15) is 5.10 Å². The van der Waals surface area contributed by atoms with Crippen LogP contribution in [0.5, 0.6) is 0 Å². The molecule has 0 N–H and O–H groups in total. The van der Waals surface area contributed by atoms with Gasteiger partial charge in [-0.05, 0) is 23.6 Å². The van der Waals surface area contributed by atoms with Crippen LogP contribution in [0.1, 0.15) is 30.4 Å². The monoisotopic (exact) mass is 352 g/mol. The molecule has 2 atom stereocenters. The van der Waals surface area contributed by atoms with E-state index in [1.54, 1.807) is 0 Å². The van der Waals surface area contributed by atoms with Gasteiger partial charge in [0, 0.05) is 44.9 Å². The molecule has 3 aliphatic heterocycles. The minimum absolute atomic E-state index is 0.174. The van der Waals surface area contributed by atoms with Crippen molar-refractivity contribution < 1.29 is 9.53 Å². The van der Waals surface area contributed by atoms with E-state index >= 15 is 0 Å². The first-order valence-corrected chi connectivity index (χ1v) is 9.49. The smallest absolute Gasteiger partial charge is 0.226 e. The minimum atomic E-state index is -0.369. The Morgan fingerprint density at radius 1 is 1.15 bits per heavy atom. The maximum absolute atomic E-state index is 12.5. The summed E-state index contributed by atoms with van der Waals surface area (Å²) in [6.07, 6.45) is 6.26. The van der Waals surface area contributed by atoms with Gasteiger partial charge in [0.15, 0.2) is 5.72 Å². The summed E-state index contributed by atoms with van der Waals surface area (Å²) in [6.45, 7) is 4.22. The normalized spacial score (nSPS) is 28.4. The molecule has 3 fully saturated rings. The van der Waals surface area contributed by atoms with Crippen molar-refractivity contribution in [3.05, 3.63) is 53.9 Å². The highest BCUT2D eigenvalue weighted by Gasteiger charge is 2.60. The average molecular weight is 352 g/mol. The van der Waals surface area contributed by atoms with Crippen LogP contribution in [-0.4, -0.2) is 57.0 Å². The number of amides is 1. The third-order valence-corrected chi connectivity index (χ3v) is 6.11. The van der Waals surface area contributed by atoms with Gasteiger partial charge in [0.25, 0.3) is 0 Å². The summed E-state index contributed by atoms with van der Waals surface area (Å²) in [5.74, 6) is 0.254. The maximum atomic E-state index is 12.5. The number of hydrogen-bond acceptors (Lipinski definition) is 4. The van der Waals surface area contributed by atoms with E-state index in [4.69, 9.17) is 4.74 Å². The van der Waals surface area contributed by atoms with Crippen LogP contribution in [0.25, 0.3) is 0 Å². The molecule has 5 rings (SSSR count). The van der Waals surface area contributed by atoms with Crippen LogP contribution in [0.4, 0.5) is 0 Å². The van der Waals surface area contributed by atoms with Gasteiger partial charge in [0.1, 0.15) is 0 Å². The molecule has 0 aliphatic carbocycles. The van der Waals surface area contributed by atoms with Crippen molar-refractivity contribution in [2.24, 2.45) is 0 Å². The van der Waals surface area contributed by atoms with Crippen LogP contribution in [-0.2, 0) is 22.6 Å². The van der Waals surface area contributed by atoms with Gasteiger partial charge in [0.05, 0.1) is 19.2 Å². The molecule has 1 aromatic heterocycles. The van der Waals surface area contributed by atoms with Crippen molar-refractivity contribution in [1.29, 1.82) is 0 Å². The number of carbonyl (C=O) groups excluding carboxylic acids is 1. The summed E-state index contributed by atoms with van der Waals surface area (Å²) in [6, 6.07) is 10.7. The van der Waals surface area contributed by atoms with Gasteiger partial charge >= 0.3 is 0 Å². The van der Waals surface area contributed by atoms with Gasteiger partial charge in [0.2, 0.25) is 5.91 Å². The Balaban J connectivity index is 1.39. The van der Waals surface area contributed by atoms with Crippen molar-refractivity contribution in [3.63, 3.8) is 0 Å². The second-order valence-electron chi connectivity index (χ2n) is 7.50. The predicted molar refractivity (Wildman–Crippen MR) is 96.2 cm³/mol. The van der Waals surface area contributed by atoms with E-state index in [2.05, 4.69) is 34.3 Å². The molecule has 3 saturated heterocycles. The molecule has 3 aliphatic rings. The van der Waals surface area contributed by atoms with Gasteiger partial charge in [-0.1, -0.05) is 24.3 Å². The molecule has 6 nitrogen and oxygen atoms in total. The number of likely N-dealkylation sites (tertiary alicyclic amines) is 1. The number of nitrogens with zero attached hydrogens (tertiary/aromatic N) is 4. The van der Waals surface area contributed by atoms with Crippen molar-refractivity contribution in [1.82, 2.24) is 19.6 Å². The Kier molecular flexibility index (Phi) is 3.83. The van der Waals surface area contributed by atoms with Crippen LogP contribution >= 0.6 is 0 Å². The lowest BCUT2D eigenvalue weighted by Gasteiger charge is -2.42. The maximum Gasteiger partial charge on any atom is 0.226 e. The highest BCUT2D eigenvalue weighted by Crippen LogP contribution is 2.45. The lowest BCUT2D eigenvalue weighted by atomic mass is 10.0. The Labute approximate surface area is 153 Å². The second kappa shape index (κ2) is 6.21. The van der Waals surface area contributed by atoms with E-state index < -0.39 is 0 Å². The Hall–Kier alpha value is -2.18. The molecule has 6 heteroatoms. The summed E-state index contributed by atoms with van der Waals surface area (Å²) in [4.78, 5) is 17.0. The topological polar surface area (TPSA) is 50.6 Å². The summed E-state index contributed by atoms with van der Waals surface area (Å²) in [7, 11) is 0. The van der Waals surface area contributed by atoms with E-state index in [1.165, 1.54) is 11.1 Å². The number of ether oxygens (including phenoxy) is 1. The molecule has 0 saturated carbocycles. The average Bonchev–Trinajstić information content (AvgIpc) is 3.34. The molecule has 1 spiro atoms. The zero-order valence-corrected chi connectivity index (χ0v) is 14.9. The first-order valence-electron chi connectivity index (χ1n) is 9.49. The molecule has 136 valence electrons. The number of carbonyl (C=O) groups is 1. The van der Waals surface area contributed by atoms with Crippen molar-refractivity contribution in [2.45, 2.75) is 44.1 Å². The highest BCUT2D eigenvalue weighted by molar-refractivity contribution is 5.81.